The molecule has 2 N–H and O–H groups in total. The Morgan fingerprint density at radius 2 is 1.77 bits per heavy atom. The summed E-state index contributed by atoms with van der Waals surface area (Å²) in [7, 11) is 0. The van der Waals surface area contributed by atoms with E-state index in [1.807, 2.05) is 24.3 Å². The highest BCUT2D eigenvalue weighted by Gasteiger charge is 2.16. The molecular formula is C19H19ClFN3O2. The minimum atomic E-state index is -0.729. The van der Waals surface area contributed by atoms with Crippen LogP contribution in [0.1, 0.15) is 23.2 Å². The Labute approximate surface area is 156 Å². The molecule has 2 aromatic carbocycles. The lowest BCUT2D eigenvalue weighted by Gasteiger charge is -2.17. The van der Waals surface area contributed by atoms with Crippen molar-refractivity contribution in [1.82, 2.24) is 5.32 Å². The number of halogens is 2. The molecule has 1 aliphatic rings. The van der Waals surface area contributed by atoms with E-state index in [9.17, 15) is 14.0 Å². The van der Waals surface area contributed by atoms with Gasteiger partial charge >= 0.3 is 0 Å². The highest BCUT2D eigenvalue weighted by Crippen LogP contribution is 2.22. The summed E-state index contributed by atoms with van der Waals surface area (Å²) in [6.07, 6.45) is 2.40. The minimum absolute atomic E-state index is 0.000379. The Hall–Kier alpha value is -2.60. The van der Waals surface area contributed by atoms with Crippen LogP contribution in [0.3, 0.4) is 0 Å². The zero-order chi connectivity index (χ0) is 18.5. The van der Waals surface area contributed by atoms with Crippen molar-refractivity contribution >= 4 is 34.8 Å². The summed E-state index contributed by atoms with van der Waals surface area (Å²) in [6, 6.07) is 11.5. The number of hydrogen-bond acceptors (Lipinski definition) is 3. The van der Waals surface area contributed by atoms with Gasteiger partial charge in [0.25, 0.3) is 5.91 Å². The highest BCUT2D eigenvalue weighted by molar-refractivity contribution is 6.33. The summed E-state index contributed by atoms with van der Waals surface area (Å²) >= 11 is 5.83. The third-order valence-electron chi connectivity index (χ3n) is 4.22. The maximum atomic E-state index is 13.7. The van der Waals surface area contributed by atoms with Gasteiger partial charge in [0, 0.05) is 24.5 Å². The zero-order valence-electron chi connectivity index (χ0n) is 14.1. The van der Waals surface area contributed by atoms with Gasteiger partial charge in [0.2, 0.25) is 5.91 Å². The van der Waals surface area contributed by atoms with Gasteiger partial charge in [0.05, 0.1) is 17.1 Å². The van der Waals surface area contributed by atoms with E-state index in [0.717, 1.165) is 24.8 Å². The van der Waals surface area contributed by atoms with Crippen LogP contribution < -0.4 is 15.5 Å². The van der Waals surface area contributed by atoms with E-state index in [1.165, 1.54) is 25.0 Å². The number of benzene rings is 2. The number of anilines is 2. The summed E-state index contributed by atoms with van der Waals surface area (Å²) < 4.78 is 13.7. The Bertz CT molecular complexity index is 785. The van der Waals surface area contributed by atoms with Crippen molar-refractivity contribution in [2.75, 3.05) is 29.9 Å². The van der Waals surface area contributed by atoms with Crippen LogP contribution in [0.4, 0.5) is 15.8 Å². The first-order valence-electron chi connectivity index (χ1n) is 8.41. The largest absolute Gasteiger partial charge is 0.372 e. The van der Waals surface area contributed by atoms with Gasteiger partial charge in [-0.3, -0.25) is 9.59 Å². The number of carbonyl (C=O) groups is 2. The standard InChI is InChI=1S/C19H19ClFN3O2/c20-15-4-3-5-16(21)18(15)19(26)22-12-17(25)23-13-6-8-14(9-7-13)24-10-1-2-11-24/h3-9H,1-2,10-12H2,(H,22,26)(H,23,25). The topological polar surface area (TPSA) is 61.4 Å². The van der Waals surface area contributed by atoms with Gasteiger partial charge < -0.3 is 15.5 Å². The van der Waals surface area contributed by atoms with Crippen LogP contribution >= 0.6 is 11.6 Å². The monoisotopic (exact) mass is 375 g/mol. The lowest BCUT2D eigenvalue weighted by molar-refractivity contribution is -0.115. The highest BCUT2D eigenvalue weighted by atomic mass is 35.5. The molecule has 7 heteroatoms. The molecule has 1 aliphatic heterocycles. The molecule has 5 nitrogen and oxygen atoms in total. The van der Waals surface area contributed by atoms with Crippen molar-refractivity contribution in [2.24, 2.45) is 0 Å². The van der Waals surface area contributed by atoms with Crippen molar-refractivity contribution in [2.45, 2.75) is 12.8 Å². The van der Waals surface area contributed by atoms with Crippen LogP contribution in [0.25, 0.3) is 0 Å². The molecule has 2 aromatic rings. The first kappa shape index (κ1) is 18.2. The van der Waals surface area contributed by atoms with E-state index in [4.69, 9.17) is 11.6 Å². The predicted octanol–water partition coefficient (Wildman–Crippen LogP) is 3.45. The van der Waals surface area contributed by atoms with Gasteiger partial charge in [-0.15, -0.1) is 0 Å². The average Bonchev–Trinajstić information content (AvgIpc) is 3.15. The van der Waals surface area contributed by atoms with E-state index in [-0.39, 0.29) is 17.1 Å². The number of nitrogens with one attached hydrogen (secondary N) is 2. The van der Waals surface area contributed by atoms with Gasteiger partial charge in [-0.25, -0.2) is 4.39 Å². The zero-order valence-corrected chi connectivity index (χ0v) is 14.9. The summed E-state index contributed by atoms with van der Waals surface area (Å²) in [4.78, 5) is 26.3. The minimum Gasteiger partial charge on any atom is -0.372 e. The summed E-state index contributed by atoms with van der Waals surface area (Å²) in [5.74, 6) is -1.86. The van der Waals surface area contributed by atoms with E-state index >= 15 is 0 Å². The van der Waals surface area contributed by atoms with Crippen molar-refractivity contribution in [3.63, 3.8) is 0 Å². The molecule has 0 unspecified atom stereocenters. The fraction of sp³-hybridized carbons (Fsp3) is 0.263. The number of hydrogen-bond donors (Lipinski definition) is 2. The number of rotatable bonds is 5. The Kier molecular flexibility index (Phi) is 5.73. The Morgan fingerprint density at radius 1 is 1.08 bits per heavy atom. The SMILES string of the molecule is O=C(CNC(=O)c1c(F)cccc1Cl)Nc1ccc(N2CCCC2)cc1. The summed E-state index contributed by atoms with van der Waals surface area (Å²) in [6.45, 7) is 1.82. The maximum Gasteiger partial charge on any atom is 0.256 e. The second-order valence-corrected chi connectivity index (χ2v) is 6.48. The Morgan fingerprint density at radius 3 is 2.42 bits per heavy atom. The van der Waals surface area contributed by atoms with Gasteiger partial charge in [0.15, 0.2) is 0 Å². The first-order valence-corrected chi connectivity index (χ1v) is 8.79. The smallest absolute Gasteiger partial charge is 0.256 e. The lowest BCUT2D eigenvalue weighted by atomic mass is 10.2. The fourth-order valence-electron chi connectivity index (χ4n) is 2.90. The predicted molar refractivity (Wildman–Crippen MR) is 100 cm³/mol. The first-order chi connectivity index (χ1) is 12.5. The van der Waals surface area contributed by atoms with E-state index in [2.05, 4.69) is 15.5 Å². The van der Waals surface area contributed by atoms with Crippen LogP contribution in [0.15, 0.2) is 42.5 Å². The number of amides is 2. The molecule has 26 heavy (non-hydrogen) atoms. The normalized spacial score (nSPS) is 13.5. The van der Waals surface area contributed by atoms with Crippen molar-refractivity contribution in [3.05, 3.63) is 58.9 Å². The molecule has 0 saturated carbocycles. The van der Waals surface area contributed by atoms with Gasteiger partial charge in [-0.05, 0) is 49.2 Å². The van der Waals surface area contributed by atoms with E-state index in [1.54, 1.807) is 0 Å². The molecular weight excluding hydrogens is 357 g/mol. The van der Waals surface area contributed by atoms with Crippen LogP contribution in [0.2, 0.25) is 5.02 Å². The molecule has 0 atom stereocenters. The van der Waals surface area contributed by atoms with Gasteiger partial charge in [-0.2, -0.15) is 0 Å². The lowest BCUT2D eigenvalue weighted by Crippen LogP contribution is -2.33. The van der Waals surface area contributed by atoms with Crippen molar-refractivity contribution in [3.8, 4) is 0 Å². The van der Waals surface area contributed by atoms with Crippen LogP contribution in [-0.2, 0) is 4.79 Å². The van der Waals surface area contributed by atoms with Gasteiger partial charge in [0.1, 0.15) is 5.82 Å². The average molecular weight is 376 g/mol. The second-order valence-electron chi connectivity index (χ2n) is 6.07. The summed E-state index contributed by atoms with van der Waals surface area (Å²) in [5, 5.41) is 5.07. The molecule has 3 rings (SSSR count). The van der Waals surface area contributed by atoms with Crippen LogP contribution in [0, 0.1) is 5.82 Å². The molecule has 0 aromatic heterocycles. The summed E-state index contributed by atoms with van der Waals surface area (Å²) in [5.41, 5.74) is 1.50. The van der Waals surface area contributed by atoms with Crippen molar-refractivity contribution < 1.29 is 14.0 Å². The molecule has 2 amide bonds. The quantitative estimate of drug-likeness (QED) is 0.841. The van der Waals surface area contributed by atoms with Crippen LogP contribution in [0.5, 0.6) is 0 Å². The molecule has 0 spiro atoms. The van der Waals surface area contributed by atoms with E-state index in [0.29, 0.717) is 5.69 Å². The molecule has 1 fully saturated rings. The third kappa shape index (κ3) is 4.32. The molecule has 1 saturated heterocycles. The number of carbonyl (C=O) groups excluding carboxylic acids is 2. The van der Waals surface area contributed by atoms with E-state index < -0.39 is 17.6 Å². The molecule has 136 valence electrons. The molecule has 1 heterocycles. The third-order valence-corrected chi connectivity index (χ3v) is 4.54. The Balaban J connectivity index is 1.53. The number of nitrogens with zero attached hydrogens (tertiary/aromatic N) is 1. The second kappa shape index (κ2) is 8.19. The van der Waals surface area contributed by atoms with Crippen molar-refractivity contribution in [1.29, 1.82) is 0 Å². The van der Waals surface area contributed by atoms with Crippen LogP contribution in [-0.4, -0.2) is 31.4 Å². The molecule has 0 radical (unpaired) electrons. The molecule has 0 aliphatic carbocycles. The fourth-order valence-corrected chi connectivity index (χ4v) is 3.15. The maximum absolute atomic E-state index is 13.7. The van der Waals surface area contributed by atoms with Gasteiger partial charge in [-0.1, -0.05) is 17.7 Å². The molecule has 0 bridgehead atoms.